The van der Waals surface area contributed by atoms with Crippen molar-refractivity contribution in [2.24, 2.45) is 0 Å². The van der Waals surface area contributed by atoms with Crippen LogP contribution in [0, 0.1) is 12.7 Å². The largest absolute Gasteiger partial charge is 0.436 e. The van der Waals surface area contributed by atoms with E-state index in [-0.39, 0.29) is 17.1 Å². The second kappa shape index (κ2) is 5.94. The summed E-state index contributed by atoms with van der Waals surface area (Å²) >= 11 is 11.8. The van der Waals surface area contributed by atoms with Gasteiger partial charge in [0.25, 0.3) is 5.88 Å². The van der Waals surface area contributed by atoms with Gasteiger partial charge in [-0.2, -0.15) is 9.37 Å². The number of hydrogen-bond donors (Lipinski definition) is 0. The lowest BCUT2D eigenvalue weighted by atomic mass is 10.0. The van der Waals surface area contributed by atoms with Gasteiger partial charge in [-0.05, 0) is 47.7 Å². The maximum atomic E-state index is 13.6. The molecule has 2 aromatic rings. The number of aryl methyl sites for hydroxylation is 1. The van der Waals surface area contributed by atoms with Gasteiger partial charge < -0.3 is 4.74 Å². The lowest BCUT2D eigenvalue weighted by Crippen LogP contribution is -1.98. The Morgan fingerprint density at radius 3 is 2.60 bits per heavy atom. The van der Waals surface area contributed by atoms with Crippen molar-refractivity contribution in [3.8, 4) is 11.6 Å². The highest BCUT2D eigenvalue weighted by molar-refractivity contribution is 6.31. The zero-order valence-electron chi connectivity index (χ0n) is 11.2. The molecule has 0 saturated carbocycles. The average Bonchev–Trinajstić information content (AvgIpc) is 2.36. The summed E-state index contributed by atoms with van der Waals surface area (Å²) in [5.74, 6) is -0.156. The van der Waals surface area contributed by atoms with E-state index < -0.39 is 5.82 Å². The number of hydrogen-bond acceptors (Lipinski definition) is 3. The van der Waals surface area contributed by atoms with Crippen LogP contribution in [0.5, 0.6) is 11.6 Å². The monoisotopic (exact) mass is 314 g/mol. The van der Waals surface area contributed by atoms with Crippen LogP contribution in [0.2, 0.25) is 10.3 Å². The van der Waals surface area contributed by atoms with Crippen LogP contribution < -0.4 is 4.74 Å². The second-order valence-electron chi connectivity index (χ2n) is 4.69. The Morgan fingerprint density at radius 1 is 1.25 bits per heavy atom. The fourth-order valence-corrected chi connectivity index (χ4v) is 2.29. The van der Waals surface area contributed by atoms with Crippen LogP contribution in [-0.2, 0) is 0 Å². The molecular weight excluding hydrogens is 302 g/mol. The van der Waals surface area contributed by atoms with Crippen molar-refractivity contribution >= 4 is 23.2 Å². The Labute approximate surface area is 126 Å². The first-order valence-corrected chi connectivity index (χ1v) is 6.80. The van der Waals surface area contributed by atoms with Gasteiger partial charge in [0.15, 0.2) is 0 Å². The van der Waals surface area contributed by atoms with Crippen molar-refractivity contribution < 1.29 is 9.13 Å². The summed E-state index contributed by atoms with van der Waals surface area (Å²) in [5, 5.41) is 0.586. The Balaban J connectivity index is 2.43. The molecule has 6 heteroatoms. The zero-order chi connectivity index (χ0) is 14.9. The fraction of sp³-hybridized carbons (Fsp3) is 0.286. The van der Waals surface area contributed by atoms with Crippen molar-refractivity contribution in [2.45, 2.75) is 26.7 Å². The Bertz CT molecular complexity index is 647. The third-order valence-electron chi connectivity index (χ3n) is 2.81. The predicted molar refractivity (Wildman–Crippen MR) is 77.4 cm³/mol. The van der Waals surface area contributed by atoms with E-state index in [0.717, 1.165) is 17.3 Å². The van der Waals surface area contributed by atoms with E-state index in [2.05, 4.69) is 9.97 Å². The molecule has 2 rings (SSSR count). The van der Waals surface area contributed by atoms with E-state index in [1.807, 2.05) is 20.8 Å². The predicted octanol–water partition coefficient (Wildman–Crippen LogP) is 5.15. The van der Waals surface area contributed by atoms with Gasteiger partial charge in [0.1, 0.15) is 5.75 Å². The fourth-order valence-electron chi connectivity index (χ4n) is 1.73. The normalized spacial score (nSPS) is 10.9. The first-order valence-electron chi connectivity index (χ1n) is 6.04. The first kappa shape index (κ1) is 15.0. The van der Waals surface area contributed by atoms with Gasteiger partial charge in [0, 0.05) is 5.02 Å². The molecule has 1 aromatic carbocycles. The Kier molecular flexibility index (Phi) is 4.45. The van der Waals surface area contributed by atoms with E-state index in [4.69, 9.17) is 27.9 Å². The molecule has 0 atom stereocenters. The van der Waals surface area contributed by atoms with E-state index in [1.165, 1.54) is 0 Å². The van der Waals surface area contributed by atoms with Gasteiger partial charge >= 0.3 is 0 Å². The quantitative estimate of drug-likeness (QED) is 0.735. The van der Waals surface area contributed by atoms with E-state index in [1.54, 1.807) is 12.1 Å². The number of rotatable bonds is 3. The summed E-state index contributed by atoms with van der Waals surface area (Å²) in [6.07, 6.45) is 0.972. The average molecular weight is 315 g/mol. The molecule has 106 valence electrons. The molecule has 0 saturated heterocycles. The zero-order valence-corrected chi connectivity index (χ0v) is 12.8. The highest BCUT2D eigenvalue weighted by atomic mass is 35.5. The molecule has 0 aliphatic rings. The highest BCUT2D eigenvalue weighted by Gasteiger charge is 2.14. The maximum absolute atomic E-state index is 13.6. The summed E-state index contributed by atoms with van der Waals surface area (Å²) in [4.78, 5) is 7.27. The molecule has 0 aliphatic heterocycles. The highest BCUT2D eigenvalue weighted by Crippen LogP contribution is 2.34. The summed E-state index contributed by atoms with van der Waals surface area (Å²) in [7, 11) is 0. The lowest BCUT2D eigenvalue weighted by Gasteiger charge is -2.14. The van der Waals surface area contributed by atoms with Gasteiger partial charge in [-0.3, -0.25) is 0 Å². The number of halogens is 3. The van der Waals surface area contributed by atoms with Crippen molar-refractivity contribution in [1.29, 1.82) is 0 Å². The number of aromatic nitrogens is 2. The van der Waals surface area contributed by atoms with E-state index in [9.17, 15) is 4.39 Å². The van der Waals surface area contributed by atoms with Gasteiger partial charge in [0.05, 0.1) is 6.20 Å². The third kappa shape index (κ3) is 3.19. The van der Waals surface area contributed by atoms with Crippen LogP contribution in [0.1, 0.15) is 30.9 Å². The van der Waals surface area contributed by atoms with Crippen LogP contribution in [0.3, 0.4) is 0 Å². The number of ether oxygens (including phenoxy) is 1. The summed E-state index contributed by atoms with van der Waals surface area (Å²) in [6.45, 7) is 5.86. The van der Waals surface area contributed by atoms with Crippen molar-refractivity contribution in [3.63, 3.8) is 0 Å². The molecule has 0 N–H and O–H groups in total. The number of benzene rings is 1. The number of nitrogens with zero attached hydrogens (tertiary/aromatic N) is 2. The minimum absolute atomic E-state index is 0.0721. The van der Waals surface area contributed by atoms with Crippen LogP contribution in [-0.4, -0.2) is 9.97 Å². The molecule has 0 amide bonds. The molecule has 0 fully saturated rings. The van der Waals surface area contributed by atoms with Crippen LogP contribution in [0.25, 0.3) is 0 Å². The standard InChI is InChI=1S/C14H13Cl2FN2O/c1-7(2)9-5-12(8(3)4-10(9)15)20-13-11(17)6-18-14(16)19-13/h4-7H,1-3H3. The molecule has 3 nitrogen and oxygen atoms in total. The molecule has 0 bridgehead atoms. The molecular formula is C14H13Cl2FN2O. The van der Waals surface area contributed by atoms with Crippen molar-refractivity contribution in [2.75, 3.05) is 0 Å². The first-order chi connectivity index (χ1) is 9.38. The lowest BCUT2D eigenvalue weighted by molar-refractivity contribution is 0.417. The third-order valence-corrected chi connectivity index (χ3v) is 3.31. The maximum Gasteiger partial charge on any atom is 0.260 e. The van der Waals surface area contributed by atoms with Crippen LogP contribution in [0.4, 0.5) is 4.39 Å². The van der Waals surface area contributed by atoms with Gasteiger partial charge in [-0.15, -0.1) is 0 Å². The molecule has 0 radical (unpaired) electrons. The molecule has 0 aliphatic carbocycles. The minimum Gasteiger partial charge on any atom is -0.436 e. The minimum atomic E-state index is -0.671. The van der Waals surface area contributed by atoms with Crippen LogP contribution >= 0.6 is 23.2 Å². The molecule has 1 aromatic heterocycles. The molecule has 1 heterocycles. The smallest absolute Gasteiger partial charge is 0.260 e. The van der Waals surface area contributed by atoms with Crippen LogP contribution in [0.15, 0.2) is 18.3 Å². The van der Waals surface area contributed by atoms with Crippen molar-refractivity contribution in [3.05, 3.63) is 45.6 Å². The second-order valence-corrected chi connectivity index (χ2v) is 5.43. The topological polar surface area (TPSA) is 35.0 Å². The summed E-state index contributed by atoms with van der Waals surface area (Å²) in [6, 6.07) is 3.57. The van der Waals surface area contributed by atoms with E-state index >= 15 is 0 Å². The molecule has 0 spiro atoms. The SMILES string of the molecule is Cc1cc(Cl)c(C(C)C)cc1Oc1nc(Cl)ncc1F. The van der Waals surface area contributed by atoms with Gasteiger partial charge in [0.2, 0.25) is 11.1 Å². The molecule has 0 unspecified atom stereocenters. The summed E-state index contributed by atoms with van der Waals surface area (Å²) in [5.41, 5.74) is 1.71. The molecule has 20 heavy (non-hydrogen) atoms. The van der Waals surface area contributed by atoms with E-state index in [0.29, 0.717) is 10.8 Å². The Hall–Kier alpha value is -1.39. The van der Waals surface area contributed by atoms with Gasteiger partial charge in [-0.25, -0.2) is 4.98 Å². The summed E-state index contributed by atoms with van der Waals surface area (Å²) < 4.78 is 19.1. The van der Waals surface area contributed by atoms with Crippen molar-refractivity contribution in [1.82, 2.24) is 9.97 Å². The Morgan fingerprint density at radius 2 is 1.95 bits per heavy atom. The van der Waals surface area contributed by atoms with Gasteiger partial charge in [-0.1, -0.05) is 25.4 Å².